The van der Waals surface area contributed by atoms with Gasteiger partial charge in [-0.2, -0.15) is 0 Å². The first-order valence-electron chi connectivity index (χ1n) is 6.57. The second-order valence-corrected chi connectivity index (χ2v) is 5.00. The molecule has 0 amide bonds. The molecule has 22 heavy (non-hydrogen) atoms. The van der Waals surface area contributed by atoms with E-state index in [1.165, 1.54) is 24.3 Å². The number of carboxylic acids is 1. The Morgan fingerprint density at radius 2 is 1.41 bits per heavy atom. The summed E-state index contributed by atoms with van der Waals surface area (Å²) >= 11 is 5.76. The first-order chi connectivity index (χ1) is 10.5. The third-order valence-corrected chi connectivity index (χ3v) is 3.05. The largest absolute Gasteiger partial charge is 0.491 e. The molecule has 0 fully saturated rings. The maximum atomic E-state index is 10.7. The van der Waals surface area contributed by atoms with E-state index < -0.39 is 12.1 Å². The molecule has 6 heteroatoms. The molecule has 2 rings (SSSR count). The van der Waals surface area contributed by atoms with Crippen LogP contribution in [0.25, 0.3) is 0 Å². The first-order valence-corrected chi connectivity index (χ1v) is 6.95. The molecule has 0 spiro atoms. The Labute approximate surface area is 132 Å². The topological polar surface area (TPSA) is 76.0 Å². The second kappa shape index (κ2) is 7.68. The third kappa shape index (κ3) is 4.95. The Morgan fingerprint density at radius 3 is 1.86 bits per heavy atom. The van der Waals surface area contributed by atoms with E-state index in [9.17, 15) is 9.90 Å². The number of aliphatic hydroxyl groups is 1. The first kappa shape index (κ1) is 16.1. The molecule has 0 saturated carbocycles. The van der Waals surface area contributed by atoms with Gasteiger partial charge in [0.15, 0.2) is 0 Å². The minimum Gasteiger partial charge on any atom is -0.491 e. The molecule has 0 aliphatic rings. The Bertz CT molecular complexity index is 609. The zero-order valence-electron chi connectivity index (χ0n) is 11.6. The lowest BCUT2D eigenvalue weighted by Gasteiger charge is -2.13. The predicted octanol–water partition coefficient (Wildman–Crippen LogP) is 2.86. The van der Waals surface area contributed by atoms with Crippen LogP contribution in [0.2, 0.25) is 5.02 Å². The molecule has 2 N–H and O–H groups in total. The van der Waals surface area contributed by atoms with E-state index in [4.69, 9.17) is 26.2 Å². The average Bonchev–Trinajstić information content (AvgIpc) is 2.52. The van der Waals surface area contributed by atoms with Crippen molar-refractivity contribution in [1.29, 1.82) is 0 Å². The lowest BCUT2D eigenvalue weighted by molar-refractivity contribution is 0.0625. The van der Waals surface area contributed by atoms with Crippen LogP contribution in [0.3, 0.4) is 0 Å². The van der Waals surface area contributed by atoms with Crippen LogP contribution in [0, 0.1) is 0 Å². The fourth-order valence-corrected chi connectivity index (χ4v) is 1.78. The summed E-state index contributed by atoms with van der Waals surface area (Å²) in [4.78, 5) is 10.7. The second-order valence-electron chi connectivity index (χ2n) is 4.56. The van der Waals surface area contributed by atoms with E-state index >= 15 is 0 Å². The molecule has 2 aromatic carbocycles. The Kier molecular flexibility index (Phi) is 5.63. The van der Waals surface area contributed by atoms with Gasteiger partial charge in [0.05, 0.1) is 5.56 Å². The summed E-state index contributed by atoms with van der Waals surface area (Å²) in [6.07, 6.45) is -0.810. The van der Waals surface area contributed by atoms with Crippen molar-refractivity contribution in [2.75, 3.05) is 13.2 Å². The number of halogens is 1. The number of benzene rings is 2. The van der Waals surface area contributed by atoms with Crippen molar-refractivity contribution >= 4 is 17.6 Å². The molecule has 0 saturated heterocycles. The van der Waals surface area contributed by atoms with Crippen LogP contribution in [-0.2, 0) is 0 Å². The van der Waals surface area contributed by atoms with E-state index in [0.29, 0.717) is 16.5 Å². The number of hydrogen-bond acceptors (Lipinski definition) is 4. The highest BCUT2D eigenvalue weighted by molar-refractivity contribution is 6.30. The van der Waals surface area contributed by atoms with Crippen molar-refractivity contribution in [3.8, 4) is 11.5 Å². The van der Waals surface area contributed by atoms with Gasteiger partial charge in [0.25, 0.3) is 0 Å². The molecule has 0 bridgehead atoms. The number of carbonyl (C=O) groups is 1. The molecule has 2 aromatic rings. The average molecular weight is 323 g/mol. The zero-order chi connectivity index (χ0) is 15.9. The molecule has 1 unspecified atom stereocenters. The van der Waals surface area contributed by atoms with E-state index in [-0.39, 0.29) is 18.8 Å². The van der Waals surface area contributed by atoms with Gasteiger partial charge in [0.1, 0.15) is 30.8 Å². The molecule has 0 aliphatic heterocycles. The number of hydrogen-bond donors (Lipinski definition) is 2. The predicted molar refractivity (Wildman–Crippen MR) is 81.9 cm³/mol. The minimum atomic E-state index is -0.997. The molecule has 0 heterocycles. The van der Waals surface area contributed by atoms with Gasteiger partial charge < -0.3 is 19.7 Å². The molecule has 0 aliphatic carbocycles. The van der Waals surface area contributed by atoms with Gasteiger partial charge in [-0.1, -0.05) is 11.6 Å². The maximum absolute atomic E-state index is 10.7. The van der Waals surface area contributed by atoms with Gasteiger partial charge in [0, 0.05) is 5.02 Å². The van der Waals surface area contributed by atoms with Gasteiger partial charge in [-0.25, -0.2) is 4.79 Å². The highest BCUT2D eigenvalue weighted by atomic mass is 35.5. The number of rotatable bonds is 7. The highest BCUT2D eigenvalue weighted by Gasteiger charge is 2.08. The lowest BCUT2D eigenvalue weighted by Crippen LogP contribution is -2.25. The zero-order valence-corrected chi connectivity index (χ0v) is 12.4. The molecule has 0 aromatic heterocycles. The van der Waals surface area contributed by atoms with Crippen LogP contribution in [0.5, 0.6) is 11.5 Å². The summed E-state index contributed by atoms with van der Waals surface area (Å²) in [6, 6.07) is 12.8. The Balaban J connectivity index is 1.76. The lowest BCUT2D eigenvalue weighted by atomic mass is 10.2. The summed E-state index contributed by atoms with van der Waals surface area (Å²) in [6.45, 7) is 0.120. The highest BCUT2D eigenvalue weighted by Crippen LogP contribution is 2.16. The molecular weight excluding hydrogens is 308 g/mol. The fourth-order valence-electron chi connectivity index (χ4n) is 1.66. The van der Waals surface area contributed by atoms with Crippen LogP contribution in [0.15, 0.2) is 48.5 Å². The van der Waals surface area contributed by atoms with Gasteiger partial charge in [0.2, 0.25) is 0 Å². The summed E-state index contributed by atoms with van der Waals surface area (Å²) < 4.78 is 10.8. The normalized spacial score (nSPS) is 11.7. The van der Waals surface area contributed by atoms with Crippen molar-refractivity contribution in [2.45, 2.75) is 6.10 Å². The van der Waals surface area contributed by atoms with Crippen molar-refractivity contribution < 1.29 is 24.5 Å². The van der Waals surface area contributed by atoms with Gasteiger partial charge in [-0.3, -0.25) is 0 Å². The fraction of sp³-hybridized carbons (Fsp3) is 0.188. The van der Waals surface area contributed by atoms with E-state index in [0.717, 1.165) is 0 Å². The minimum absolute atomic E-state index is 0.0417. The van der Waals surface area contributed by atoms with Crippen molar-refractivity contribution in [1.82, 2.24) is 0 Å². The molecular formula is C16H15ClO5. The monoisotopic (exact) mass is 322 g/mol. The Morgan fingerprint density at radius 1 is 0.955 bits per heavy atom. The maximum Gasteiger partial charge on any atom is 0.335 e. The van der Waals surface area contributed by atoms with Crippen LogP contribution in [-0.4, -0.2) is 35.5 Å². The summed E-state index contributed by atoms with van der Waals surface area (Å²) in [5.74, 6) is 0.0905. The quantitative estimate of drug-likeness (QED) is 0.819. The summed E-state index contributed by atoms with van der Waals surface area (Å²) in [5, 5.41) is 19.2. The number of ether oxygens (including phenoxy) is 2. The standard InChI is InChI=1S/C16H15ClO5/c17-12-3-7-15(8-4-12)22-10-13(18)9-21-14-5-1-11(2-6-14)16(19)20/h1-8,13,18H,9-10H2,(H,19,20). The van der Waals surface area contributed by atoms with Gasteiger partial charge >= 0.3 is 5.97 Å². The summed E-state index contributed by atoms with van der Waals surface area (Å²) in [7, 11) is 0. The number of aliphatic hydroxyl groups excluding tert-OH is 1. The van der Waals surface area contributed by atoms with Gasteiger partial charge in [-0.05, 0) is 48.5 Å². The van der Waals surface area contributed by atoms with E-state index in [1.807, 2.05) is 0 Å². The molecule has 116 valence electrons. The van der Waals surface area contributed by atoms with E-state index in [1.54, 1.807) is 24.3 Å². The van der Waals surface area contributed by atoms with Crippen LogP contribution in [0.1, 0.15) is 10.4 Å². The van der Waals surface area contributed by atoms with E-state index in [2.05, 4.69) is 0 Å². The Hall–Kier alpha value is -2.24. The van der Waals surface area contributed by atoms with Crippen LogP contribution < -0.4 is 9.47 Å². The van der Waals surface area contributed by atoms with Crippen molar-refractivity contribution in [3.63, 3.8) is 0 Å². The SMILES string of the molecule is O=C(O)c1ccc(OCC(O)COc2ccc(Cl)cc2)cc1. The molecule has 0 radical (unpaired) electrons. The summed E-state index contributed by atoms with van der Waals surface area (Å²) in [5.41, 5.74) is 0.180. The third-order valence-electron chi connectivity index (χ3n) is 2.80. The molecule has 1 atom stereocenters. The van der Waals surface area contributed by atoms with Crippen LogP contribution >= 0.6 is 11.6 Å². The number of carboxylic acid groups (broad SMARTS) is 1. The molecule has 5 nitrogen and oxygen atoms in total. The number of aromatic carboxylic acids is 1. The van der Waals surface area contributed by atoms with Crippen LogP contribution in [0.4, 0.5) is 0 Å². The van der Waals surface area contributed by atoms with Crippen molar-refractivity contribution in [2.24, 2.45) is 0 Å². The van der Waals surface area contributed by atoms with Crippen molar-refractivity contribution in [3.05, 3.63) is 59.1 Å². The van der Waals surface area contributed by atoms with Gasteiger partial charge in [-0.15, -0.1) is 0 Å². The smallest absolute Gasteiger partial charge is 0.335 e.